The van der Waals surface area contributed by atoms with Crippen LogP contribution in [0.15, 0.2) is 119 Å². The van der Waals surface area contributed by atoms with Crippen LogP contribution in [0, 0.1) is 0 Å². The fourth-order valence-electron chi connectivity index (χ4n) is 3.91. The standard InChI is InChI=1S/C28H23N3O/c32-26-16-14-21(15-17-26)20-29-24-11-7-10-23(18-24)27-19-28(22-8-3-1-4-9-22)31(30-27)25-12-5-2-6-13-25/h1-18,20,28,32H,19H2. The first kappa shape index (κ1) is 19.8. The van der Waals surface area contributed by atoms with Crippen LogP contribution >= 0.6 is 0 Å². The Morgan fingerprint density at radius 1 is 0.812 bits per heavy atom. The molecule has 0 aromatic heterocycles. The molecule has 1 N–H and O–H groups in total. The number of hydrogen-bond acceptors (Lipinski definition) is 4. The predicted octanol–water partition coefficient (Wildman–Crippen LogP) is 6.50. The highest BCUT2D eigenvalue weighted by Gasteiger charge is 2.29. The zero-order chi connectivity index (χ0) is 21.8. The zero-order valence-corrected chi connectivity index (χ0v) is 17.5. The van der Waals surface area contributed by atoms with Crippen molar-refractivity contribution in [2.45, 2.75) is 12.5 Å². The van der Waals surface area contributed by atoms with E-state index in [1.807, 2.05) is 48.5 Å². The second-order valence-electron chi connectivity index (χ2n) is 7.76. The van der Waals surface area contributed by atoms with Gasteiger partial charge in [-0.2, -0.15) is 5.10 Å². The van der Waals surface area contributed by atoms with Gasteiger partial charge >= 0.3 is 0 Å². The number of benzene rings is 4. The number of hydrogen-bond donors (Lipinski definition) is 1. The second-order valence-corrected chi connectivity index (χ2v) is 7.76. The number of anilines is 1. The lowest BCUT2D eigenvalue weighted by atomic mass is 9.98. The van der Waals surface area contributed by atoms with E-state index in [0.717, 1.165) is 34.6 Å². The molecule has 1 unspecified atom stereocenters. The van der Waals surface area contributed by atoms with Crippen molar-refractivity contribution in [1.29, 1.82) is 0 Å². The van der Waals surface area contributed by atoms with Crippen LogP contribution in [0.25, 0.3) is 0 Å². The number of aromatic hydroxyl groups is 1. The van der Waals surface area contributed by atoms with Crippen molar-refractivity contribution in [3.63, 3.8) is 0 Å². The maximum absolute atomic E-state index is 9.45. The molecule has 4 aromatic rings. The van der Waals surface area contributed by atoms with Gasteiger partial charge < -0.3 is 5.11 Å². The highest BCUT2D eigenvalue weighted by atomic mass is 16.3. The highest BCUT2D eigenvalue weighted by Crippen LogP contribution is 2.36. The smallest absolute Gasteiger partial charge is 0.115 e. The van der Waals surface area contributed by atoms with Gasteiger partial charge in [-0.05, 0) is 65.2 Å². The van der Waals surface area contributed by atoms with Crippen molar-refractivity contribution in [2.24, 2.45) is 10.1 Å². The topological polar surface area (TPSA) is 48.2 Å². The summed E-state index contributed by atoms with van der Waals surface area (Å²) in [6, 6.07) is 36.2. The van der Waals surface area contributed by atoms with E-state index in [4.69, 9.17) is 5.10 Å². The van der Waals surface area contributed by atoms with Crippen LogP contribution in [0.1, 0.15) is 29.2 Å². The molecule has 0 aliphatic carbocycles. The highest BCUT2D eigenvalue weighted by molar-refractivity contribution is 6.04. The van der Waals surface area contributed by atoms with E-state index in [1.165, 1.54) is 5.56 Å². The molecular weight excluding hydrogens is 394 g/mol. The van der Waals surface area contributed by atoms with E-state index in [0.29, 0.717) is 0 Å². The average molecular weight is 418 g/mol. The van der Waals surface area contributed by atoms with E-state index in [9.17, 15) is 5.11 Å². The van der Waals surface area contributed by atoms with Gasteiger partial charge in [0.1, 0.15) is 5.75 Å². The lowest BCUT2D eigenvalue weighted by Gasteiger charge is -2.23. The molecule has 4 nitrogen and oxygen atoms in total. The third-order valence-corrected chi connectivity index (χ3v) is 5.55. The number of rotatable bonds is 5. The molecule has 0 bridgehead atoms. The molecule has 0 spiro atoms. The summed E-state index contributed by atoms with van der Waals surface area (Å²) in [4.78, 5) is 4.62. The maximum Gasteiger partial charge on any atom is 0.115 e. The van der Waals surface area contributed by atoms with Crippen molar-refractivity contribution in [3.8, 4) is 5.75 Å². The minimum absolute atomic E-state index is 0.151. The largest absolute Gasteiger partial charge is 0.508 e. The van der Waals surface area contributed by atoms with Gasteiger partial charge in [0, 0.05) is 12.6 Å². The first-order chi connectivity index (χ1) is 15.8. The SMILES string of the molecule is Oc1ccc(C=Nc2cccc(C3=NN(c4ccccc4)C(c4ccccc4)C3)c2)cc1. The van der Waals surface area contributed by atoms with Crippen LogP contribution in [-0.4, -0.2) is 17.0 Å². The fraction of sp³-hybridized carbons (Fsp3) is 0.0714. The van der Waals surface area contributed by atoms with Gasteiger partial charge in [-0.15, -0.1) is 0 Å². The summed E-state index contributed by atoms with van der Waals surface area (Å²) in [5, 5.41) is 16.6. The van der Waals surface area contributed by atoms with Gasteiger partial charge in [0.05, 0.1) is 23.1 Å². The quantitative estimate of drug-likeness (QED) is 0.377. The number of para-hydroxylation sites is 1. The molecule has 32 heavy (non-hydrogen) atoms. The first-order valence-corrected chi connectivity index (χ1v) is 10.7. The Labute approximate surface area is 187 Å². The molecule has 0 fully saturated rings. The molecule has 1 aliphatic rings. The lowest BCUT2D eigenvalue weighted by Crippen LogP contribution is -2.18. The summed E-state index contributed by atoms with van der Waals surface area (Å²) >= 11 is 0. The number of aliphatic imine (C=N–C) groups is 1. The fourth-order valence-corrected chi connectivity index (χ4v) is 3.91. The summed E-state index contributed by atoms with van der Waals surface area (Å²) in [6.07, 6.45) is 2.63. The Balaban J connectivity index is 1.45. The van der Waals surface area contributed by atoms with Crippen LogP contribution < -0.4 is 5.01 Å². The third-order valence-electron chi connectivity index (χ3n) is 5.55. The van der Waals surface area contributed by atoms with Gasteiger partial charge in [-0.25, -0.2) is 0 Å². The molecular formula is C28H23N3O. The van der Waals surface area contributed by atoms with E-state index < -0.39 is 0 Å². The van der Waals surface area contributed by atoms with Gasteiger partial charge in [-0.3, -0.25) is 10.0 Å². The summed E-state index contributed by atoms with van der Waals surface area (Å²) < 4.78 is 0. The summed E-state index contributed by atoms with van der Waals surface area (Å²) in [5.74, 6) is 0.249. The molecule has 1 heterocycles. The number of hydrazone groups is 1. The molecule has 156 valence electrons. The van der Waals surface area contributed by atoms with Crippen LogP contribution in [0.5, 0.6) is 5.75 Å². The van der Waals surface area contributed by atoms with Crippen LogP contribution in [0.2, 0.25) is 0 Å². The molecule has 4 heteroatoms. The molecule has 1 atom stereocenters. The van der Waals surface area contributed by atoms with E-state index in [1.54, 1.807) is 18.3 Å². The summed E-state index contributed by atoms with van der Waals surface area (Å²) in [7, 11) is 0. The second kappa shape index (κ2) is 8.90. The van der Waals surface area contributed by atoms with Crippen molar-refractivity contribution >= 4 is 23.3 Å². The van der Waals surface area contributed by atoms with Gasteiger partial charge in [0.2, 0.25) is 0 Å². The average Bonchev–Trinajstić information content (AvgIpc) is 3.31. The third kappa shape index (κ3) is 4.30. The normalized spacial score (nSPS) is 15.8. The van der Waals surface area contributed by atoms with Crippen molar-refractivity contribution in [3.05, 3.63) is 126 Å². The summed E-state index contributed by atoms with van der Waals surface area (Å²) in [6.45, 7) is 0. The van der Waals surface area contributed by atoms with Crippen molar-refractivity contribution in [1.82, 2.24) is 0 Å². The van der Waals surface area contributed by atoms with Crippen LogP contribution in [-0.2, 0) is 0 Å². The predicted molar refractivity (Wildman–Crippen MR) is 131 cm³/mol. The molecule has 0 amide bonds. The Bertz CT molecular complexity index is 1250. The van der Waals surface area contributed by atoms with Crippen molar-refractivity contribution in [2.75, 3.05) is 5.01 Å². The van der Waals surface area contributed by atoms with E-state index in [2.05, 4.69) is 58.5 Å². The molecule has 0 saturated carbocycles. The first-order valence-electron chi connectivity index (χ1n) is 10.7. The van der Waals surface area contributed by atoms with Gasteiger partial charge in [0.25, 0.3) is 0 Å². The monoisotopic (exact) mass is 417 g/mol. The Morgan fingerprint density at radius 2 is 1.53 bits per heavy atom. The molecule has 0 saturated heterocycles. The Morgan fingerprint density at radius 3 is 2.28 bits per heavy atom. The van der Waals surface area contributed by atoms with E-state index >= 15 is 0 Å². The molecule has 0 radical (unpaired) electrons. The number of phenols is 1. The summed E-state index contributed by atoms with van der Waals surface area (Å²) in [5.41, 5.74) is 6.25. The maximum atomic E-state index is 9.45. The van der Waals surface area contributed by atoms with E-state index in [-0.39, 0.29) is 11.8 Å². The van der Waals surface area contributed by atoms with Gasteiger partial charge in [0.15, 0.2) is 0 Å². The molecule has 4 aromatic carbocycles. The zero-order valence-electron chi connectivity index (χ0n) is 17.5. The van der Waals surface area contributed by atoms with Crippen molar-refractivity contribution < 1.29 is 5.11 Å². The Hall–Kier alpha value is -4.18. The van der Waals surface area contributed by atoms with Crippen LogP contribution in [0.3, 0.4) is 0 Å². The van der Waals surface area contributed by atoms with Gasteiger partial charge in [-0.1, -0.05) is 60.7 Å². The Kier molecular flexibility index (Phi) is 5.50. The number of phenolic OH excluding ortho intramolecular Hbond substituents is 1. The molecule has 1 aliphatic heterocycles. The minimum Gasteiger partial charge on any atom is -0.508 e. The lowest BCUT2D eigenvalue weighted by molar-refractivity contribution is 0.475. The number of nitrogens with zero attached hydrogens (tertiary/aromatic N) is 3. The molecule has 5 rings (SSSR count). The minimum atomic E-state index is 0.151. The van der Waals surface area contributed by atoms with Crippen LogP contribution in [0.4, 0.5) is 11.4 Å².